The van der Waals surface area contributed by atoms with Crippen molar-refractivity contribution in [3.63, 3.8) is 0 Å². The van der Waals surface area contributed by atoms with Gasteiger partial charge in [-0.1, -0.05) is 19.1 Å². The van der Waals surface area contributed by atoms with Gasteiger partial charge in [0.1, 0.15) is 11.6 Å². The number of halogens is 1. The van der Waals surface area contributed by atoms with Crippen molar-refractivity contribution in [3.05, 3.63) is 58.4 Å². The Hall–Kier alpha value is -1.81. The Morgan fingerprint density at radius 1 is 1.30 bits per heavy atom. The molecule has 0 atom stereocenters. The highest BCUT2D eigenvalue weighted by molar-refractivity contribution is 5.30. The summed E-state index contributed by atoms with van der Waals surface area (Å²) in [5.41, 5.74) is 4.44. The Labute approximate surface area is 118 Å². The van der Waals surface area contributed by atoms with E-state index >= 15 is 0 Å². The lowest BCUT2D eigenvalue weighted by Crippen LogP contribution is -2.27. The lowest BCUT2D eigenvalue weighted by Gasteiger charge is -2.19. The zero-order valence-electron chi connectivity index (χ0n) is 11.6. The average molecular weight is 271 g/mol. The summed E-state index contributed by atoms with van der Waals surface area (Å²) in [6, 6.07) is 6.66. The Balaban J connectivity index is 1.94. The molecule has 1 aliphatic heterocycles. The third-order valence-electron chi connectivity index (χ3n) is 3.65. The van der Waals surface area contributed by atoms with Gasteiger partial charge in [-0.2, -0.15) is 0 Å². The summed E-state index contributed by atoms with van der Waals surface area (Å²) in [5, 5.41) is 3.36. The van der Waals surface area contributed by atoms with E-state index in [1.165, 1.54) is 11.6 Å². The molecule has 0 radical (unpaired) electrons. The van der Waals surface area contributed by atoms with E-state index in [1.807, 2.05) is 6.07 Å². The van der Waals surface area contributed by atoms with Gasteiger partial charge in [0.05, 0.1) is 5.69 Å². The lowest BCUT2D eigenvalue weighted by molar-refractivity contribution is 0.610. The molecule has 0 unspecified atom stereocenters. The van der Waals surface area contributed by atoms with Gasteiger partial charge in [-0.25, -0.2) is 14.4 Å². The van der Waals surface area contributed by atoms with Gasteiger partial charge >= 0.3 is 0 Å². The van der Waals surface area contributed by atoms with E-state index in [-0.39, 0.29) is 5.82 Å². The summed E-state index contributed by atoms with van der Waals surface area (Å²) in [6.45, 7) is 3.94. The molecule has 0 saturated heterocycles. The van der Waals surface area contributed by atoms with Crippen LogP contribution in [0.15, 0.2) is 24.3 Å². The van der Waals surface area contributed by atoms with Gasteiger partial charge in [-0.3, -0.25) is 0 Å². The van der Waals surface area contributed by atoms with Crippen molar-refractivity contribution in [2.75, 3.05) is 6.54 Å². The molecule has 1 aromatic heterocycles. The number of nitrogens with one attached hydrogen (secondary N) is 1. The molecule has 1 N–H and O–H groups in total. The molecule has 20 heavy (non-hydrogen) atoms. The van der Waals surface area contributed by atoms with Crippen LogP contribution in [0, 0.1) is 5.82 Å². The number of benzene rings is 1. The Kier molecular flexibility index (Phi) is 3.74. The van der Waals surface area contributed by atoms with Crippen LogP contribution in [0.5, 0.6) is 0 Å². The second kappa shape index (κ2) is 5.67. The summed E-state index contributed by atoms with van der Waals surface area (Å²) >= 11 is 0. The number of nitrogens with zero attached hydrogens (tertiary/aromatic N) is 2. The van der Waals surface area contributed by atoms with E-state index in [0.717, 1.165) is 48.7 Å². The minimum absolute atomic E-state index is 0.208. The topological polar surface area (TPSA) is 37.8 Å². The molecule has 0 bridgehead atoms. The first kappa shape index (κ1) is 13.2. The van der Waals surface area contributed by atoms with Crippen molar-refractivity contribution >= 4 is 0 Å². The van der Waals surface area contributed by atoms with Gasteiger partial charge in [0, 0.05) is 37.2 Å². The van der Waals surface area contributed by atoms with Crippen molar-refractivity contribution in [3.8, 4) is 0 Å². The molecule has 3 nitrogen and oxygen atoms in total. The largest absolute Gasteiger partial charge is 0.312 e. The molecular formula is C16H18FN3. The van der Waals surface area contributed by atoms with Crippen molar-refractivity contribution in [1.82, 2.24) is 15.3 Å². The van der Waals surface area contributed by atoms with E-state index in [9.17, 15) is 4.39 Å². The van der Waals surface area contributed by atoms with Crippen LogP contribution in [0.2, 0.25) is 0 Å². The first-order valence-electron chi connectivity index (χ1n) is 7.09. The third kappa shape index (κ3) is 2.70. The van der Waals surface area contributed by atoms with E-state index in [0.29, 0.717) is 6.42 Å². The molecule has 1 aromatic carbocycles. The molecular weight excluding hydrogens is 253 g/mol. The summed E-state index contributed by atoms with van der Waals surface area (Å²) in [4.78, 5) is 9.33. The molecule has 0 aliphatic carbocycles. The zero-order valence-corrected chi connectivity index (χ0v) is 11.6. The number of hydrogen-bond acceptors (Lipinski definition) is 3. The maximum Gasteiger partial charge on any atom is 0.133 e. The van der Waals surface area contributed by atoms with Crippen LogP contribution in [0.4, 0.5) is 4.39 Å². The molecule has 2 heterocycles. The van der Waals surface area contributed by atoms with E-state index in [4.69, 9.17) is 0 Å². The number of aromatic nitrogens is 2. The highest BCUT2D eigenvalue weighted by atomic mass is 19.1. The summed E-state index contributed by atoms with van der Waals surface area (Å²) in [6.07, 6.45) is 2.44. The van der Waals surface area contributed by atoms with Crippen LogP contribution in [0.25, 0.3) is 0 Å². The molecule has 0 amide bonds. The second-order valence-electron chi connectivity index (χ2n) is 5.10. The van der Waals surface area contributed by atoms with E-state index in [1.54, 1.807) is 12.1 Å². The maximum absolute atomic E-state index is 13.2. The minimum atomic E-state index is -0.208. The van der Waals surface area contributed by atoms with Gasteiger partial charge in [-0.15, -0.1) is 0 Å². The average Bonchev–Trinajstić information content (AvgIpc) is 2.46. The van der Waals surface area contributed by atoms with E-state index in [2.05, 4.69) is 22.2 Å². The van der Waals surface area contributed by atoms with Crippen LogP contribution < -0.4 is 5.32 Å². The van der Waals surface area contributed by atoms with Gasteiger partial charge in [-0.05, 0) is 24.1 Å². The highest BCUT2D eigenvalue weighted by Crippen LogP contribution is 2.18. The fourth-order valence-corrected chi connectivity index (χ4v) is 2.67. The molecule has 4 heteroatoms. The number of aryl methyl sites for hydroxylation is 1. The van der Waals surface area contributed by atoms with Gasteiger partial charge in [0.2, 0.25) is 0 Å². The highest BCUT2D eigenvalue weighted by Gasteiger charge is 2.16. The molecule has 3 rings (SSSR count). The molecule has 1 aliphatic rings. The van der Waals surface area contributed by atoms with Crippen molar-refractivity contribution < 1.29 is 4.39 Å². The predicted molar refractivity (Wildman–Crippen MR) is 76.0 cm³/mol. The first-order valence-corrected chi connectivity index (χ1v) is 7.09. The fraction of sp³-hybridized carbons (Fsp3) is 0.375. The third-order valence-corrected chi connectivity index (χ3v) is 3.65. The first-order chi connectivity index (χ1) is 9.76. The molecule has 2 aromatic rings. The normalized spacial score (nSPS) is 14.1. The van der Waals surface area contributed by atoms with Crippen LogP contribution in [-0.4, -0.2) is 16.5 Å². The number of fused-ring (bicyclic) bond motifs is 1. The van der Waals surface area contributed by atoms with Crippen LogP contribution in [-0.2, 0) is 25.8 Å². The maximum atomic E-state index is 13.2. The molecule has 0 fully saturated rings. The summed E-state index contributed by atoms with van der Waals surface area (Å²) in [5.74, 6) is 0.591. The van der Waals surface area contributed by atoms with E-state index < -0.39 is 0 Å². The quantitative estimate of drug-likeness (QED) is 0.931. The fourth-order valence-electron chi connectivity index (χ4n) is 2.67. The standard InChI is InChI=1S/C16H18FN3/c1-2-14-13-10-18-7-6-15(13)20-16(19-14)9-11-4-3-5-12(17)8-11/h3-5,8,18H,2,6-7,9-10H2,1H3. The van der Waals surface area contributed by atoms with Gasteiger partial charge < -0.3 is 5.32 Å². The van der Waals surface area contributed by atoms with Gasteiger partial charge in [0.25, 0.3) is 0 Å². The smallest absolute Gasteiger partial charge is 0.133 e. The lowest BCUT2D eigenvalue weighted by atomic mass is 10.0. The summed E-state index contributed by atoms with van der Waals surface area (Å²) < 4.78 is 13.2. The minimum Gasteiger partial charge on any atom is -0.312 e. The monoisotopic (exact) mass is 271 g/mol. The SMILES string of the molecule is CCc1nc(Cc2cccc(F)c2)nc2c1CNCC2. The van der Waals surface area contributed by atoms with Crippen molar-refractivity contribution in [2.45, 2.75) is 32.7 Å². The number of hydrogen-bond donors (Lipinski definition) is 1. The van der Waals surface area contributed by atoms with Crippen molar-refractivity contribution in [2.24, 2.45) is 0 Å². The van der Waals surface area contributed by atoms with Gasteiger partial charge in [0.15, 0.2) is 0 Å². The second-order valence-corrected chi connectivity index (χ2v) is 5.10. The summed E-state index contributed by atoms with van der Waals surface area (Å²) in [7, 11) is 0. The van der Waals surface area contributed by atoms with Crippen LogP contribution in [0.1, 0.15) is 35.3 Å². The van der Waals surface area contributed by atoms with Crippen LogP contribution >= 0.6 is 0 Å². The Bertz CT molecular complexity index is 608. The predicted octanol–water partition coefficient (Wildman–Crippen LogP) is 2.41. The van der Waals surface area contributed by atoms with Crippen LogP contribution in [0.3, 0.4) is 0 Å². The zero-order chi connectivity index (χ0) is 13.9. The van der Waals surface area contributed by atoms with Crippen molar-refractivity contribution in [1.29, 1.82) is 0 Å². The molecule has 0 spiro atoms. The molecule has 0 saturated carbocycles. The molecule has 104 valence electrons. The Morgan fingerprint density at radius 3 is 3.00 bits per heavy atom. The number of rotatable bonds is 3. The Morgan fingerprint density at radius 2 is 2.20 bits per heavy atom.